The van der Waals surface area contributed by atoms with Crippen LogP contribution in [0.15, 0.2) is 23.6 Å². The highest BCUT2D eigenvalue weighted by Crippen LogP contribution is 2.31. The molecule has 1 aromatic heterocycles. The molecule has 1 aromatic carbocycles. The number of halogens is 2. The van der Waals surface area contributed by atoms with E-state index in [4.69, 9.17) is 11.6 Å². The molecule has 1 heterocycles. The first-order chi connectivity index (χ1) is 9.32. The van der Waals surface area contributed by atoms with Crippen molar-refractivity contribution in [1.82, 2.24) is 10.3 Å². The lowest BCUT2D eigenvalue weighted by molar-refractivity contribution is 0.556. The van der Waals surface area contributed by atoms with Crippen molar-refractivity contribution in [2.75, 3.05) is 7.05 Å². The molecule has 2 rings (SSSR count). The molecule has 20 heavy (non-hydrogen) atoms. The van der Waals surface area contributed by atoms with Crippen molar-refractivity contribution in [3.8, 4) is 0 Å². The molecule has 0 amide bonds. The number of nitrogens with one attached hydrogen (secondary N) is 1. The molecule has 0 fully saturated rings. The highest BCUT2D eigenvalue weighted by Gasteiger charge is 2.23. The lowest BCUT2D eigenvalue weighted by atomic mass is 9.93. The molecule has 0 saturated heterocycles. The van der Waals surface area contributed by atoms with Crippen LogP contribution < -0.4 is 5.32 Å². The van der Waals surface area contributed by atoms with Crippen LogP contribution in [0.4, 0.5) is 4.39 Å². The van der Waals surface area contributed by atoms with Gasteiger partial charge >= 0.3 is 0 Å². The number of rotatable bonds is 3. The zero-order valence-corrected chi connectivity index (χ0v) is 13.6. The Kier molecular flexibility index (Phi) is 4.47. The maximum atomic E-state index is 14.1. The van der Waals surface area contributed by atoms with Crippen LogP contribution in [0, 0.1) is 5.82 Å². The number of benzene rings is 1. The molecular weight excluding hydrogens is 295 g/mol. The van der Waals surface area contributed by atoms with E-state index in [0.717, 1.165) is 10.7 Å². The van der Waals surface area contributed by atoms with Gasteiger partial charge in [-0.05, 0) is 19.2 Å². The van der Waals surface area contributed by atoms with Crippen LogP contribution >= 0.6 is 22.9 Å². The van der Waals surface area contributed by atoms with Crippen molar-refractivity contribution in [1.29, 1.82) is 0 Å². The average molecular weight is 313 g/mol. The molecule has 2 nitrogen and oxygen atoms in total. The quantitative estimate of drug-likeness (QED) is 0.900. The Hall–Kier alpha value is -0.970. The zero-order valence-electron chi connectivity index (χ0n) is 12.0. The fraction of sp³-hybridized carbons (Fsp3) is 0.400. The molecule has 1 unspecified atom stereocenters. The molecule has 1 N–H and O–H groups in total. The molecule has 0 saturated carbocycles. The van der Waals surface area contributed by atoms with Gasteiger partial charge in [0.25, 0.3) is 0 Å². The minimum absolute atomic E-state index is 0.00835. The third kappa shape index (κ3) is 3.19. The van der Waals surface area contributed by atoms with Crippen molar-refractivity contribution in [3.05, 3.63) is 50.7 Å². The van der Waals surface area contributed by atoms with Crippen LogP contribution in [0.1, 0.15) is 43.1 Å². The topological polar surface area (TPSA) is 24.9 Å². The monoisotopic (exact) mass is 312 g/mol. The summed E-state index contributed by atoms with van der Waals surface area (Å²) in [5.41, 5.74) is 1.57. The van der Waals surface area contributed by atoms with Gasteiger partial charge in [0.05, 0.1) is 11.7 Å². The van der Waals surface area contributed by atoms with Gasteiger partial charge in [0.2, 0.25) is 0 Å². The third-order valence-corrected chi connectivity index (χ3v) is 4.24. The van der Waals surface area contributed by atoms with Crippen molar-refractivity contribution in [2.45, 2.75) is 32.2 Å². The van der Waals surface area contributed by atoms with Crippen LogP contribution in [0.3, 0.4) is 0 Å². The summed E-state index contributed by atoms with van der Waals surface area (Å²) in [5.74, 6) is -0.315. The summed E-state index contributed by atoms with van der Waals surface area (Å²) in [7, 11) is 1.80. The van der Waals surface area contributed by atoms with E-state index >= 15 is 0 Å². The number of hydrogen-bond acceptors (Lipinski definition) is 3. The number of aromatic nitrogens is 1. The van der Waals surface area contributed by atoms with Crippen molar-refractivity contribution >= 4 is 22.9 Å². The maximum Gasteiger partial charge on any atom is 0.129 e. The van der Waals surface area contributed by atoms with Gasteiger partial charge in [0, 0.05) is 21.4 Å². The normalized spacial score (nSPS) is 13.5. The van der Waals surface area contributed by atoms with E-state index < -0.39 is 0 Å². The smallest absolute Gasteiger partial charge is 0.129 e. The largest absolute Gasteiger partial charge is 0.307 e. The SMILES string of the molecule is CNC(c1nc(C(C)(C)C)cs1)c1ccc(Cl)cc1F. The second-order valence-electron chi connectivity index (χ2n) is 5.71. The Morgan fingerprint density at radius 1 is 1.35 bits per heavy atom. The summed E-state index contributed by atoms with van der Waals surface area (Å²) in [6.07, 6.45) is 0. The molecule has 0 aliphatic carbocycles. The highest BCUT2D eigenvalue weighted by molar-refractivity contribution is 7.09. The average Bonchev–Trinajstić information content (AvgIpc) is 2.82. The number of nitrogens with zero attached hydrogens (tertiary/aromatic N) is 1. The third-order valence-electron chi connectivity index (χ3n) is 3.10. The summed E-state index contributed by atoms with van der Waals surface area (Å²) in [5, 5.41) is 6.42. The van der Waals surface area contributed by atoms with E-state index in [-0.39, 0.29) is 17.3 Å². The van der Waals surface area contributed by atoms with Gasteiger partial charge < -0.3 is 5.32 Å². The number of thiazole rings is 1. The summed E-state index contributed by atoms with van der Waals surface area (Å²) in [4.78, 5) is 4.65. The van der Waals surface area contributed by atoms with Crippen molar-refractivity contribution < 1.29 is 4.39 Å². The summed E-state index contributed by atoms with van der Waals surface area (Å²) >= 11 is 7.34. The van der Waals surface area contributed by atoms with Gasteiger partial charge in [-0.1, -0.05) is 38.4 Å². The van der Waals surface area contributed by atoms with E-state index in [9.17, 15) is 4.39 Å². The molecule has 0 radical (unpaired) electrons. The molecule has 0 bridgehead atoms. The first kappa shape index (κ1) is 15.4. The predicted octanol–water partition coefficient (Wildman–Crippen LogP) is 4.54. The minimum Gasteiger partial charge on any atom is -0.307 e. The van der Waals surface area contributed by atoms with Gasteiger partial charge in [-0.2, -0.15) is 0 Å². The van der Waals surface area contributed by atoms with E-state index in [2.05, 4.69) is 31.1 Å². The molecule has 0 spiro atoms. The predicted molar refractivity (Wildman–Crippen MR) is 83.1 cm³/mol. The van der Waals surface area contributed by atoms with Gasteiger partial charge in [-0.15, -0.1) is 11.3 Å². The van der Waals surface area contributed by atoms with Gasteiger partial charge in [-0.3, -0.25) is 0 Å². The lowest BCUT2D eigenvalue weighted by Crippen LogP contribution is -2.19. The number of hydrogen-bond donors (Lipinski definition) is 1. The van der Waals surface area contributed by atoms with Crippen LogP contribution in [0.5, 0.6) is 0 Å². The van der Waals surface area contributed by atoms with E-state index in [1.54, 1.807) is 30.5 Å². The highest BCUT2D eigenvalue weighted by atomic mass is 35.5. The standard InChI is InChI=1S/C15H18ClFN2S/c1-15(2,3)12-8-20-14(19-12)13(18-4)10-6-5-9(16)7-11(10)17/h5-8,13,18H,1-4H3. The Labute approximate surface area is 128 Å². The molecule has 108 valence electrons. The van der Waals surface area contributed by atoms with Crippen molar-refractivity contribution in [3.63, 3.8) is 0 Å². The fourth-order valence-electron chi connectivity index (χ4n) is 1.91. The van der Waals surface area contributed by atoms with Crippen LogP contribution in [-0.4, -0.2) is 12.0 Å². The first-order valence-corrected chi connectivity index (χ1v) is 7.67. The van der Waals surface area contributed by atoms with Crippen LogP contribution in [-0.2, 0) is 5.41 Å². The summed E-state index contributed by atoms with van der Waals surface area (Å²) in [6, 6.07) is 4.48. The molecule has 2 aromatic rings. The molecule has 0 aliphatic rings. The first-order valence-electron chi connectivity index (χ1n) is 6.41. The molecule has 0 aliphatic heterocycles. The Morgan fingerprint density at radius 3 is 2.55 bits per heavy atom. The Balaban J connectivity index is 2.40. The van der Waals surface area contributed by atoms with Gasteiger partial charge in [-0.25, -0.2) is 9.37 Å². The summed E-state index contributed by atoms with van der Waals surface area (Å²) < 4.78 is 14.1. The maximum absolute atomic E-state index is 14.1. The van der Waals surface area contributed by atoms with Crippen molar-refractivity contribution in [2.24, 2.45) is 0 Å². The molecule has 5 heteroatoms. The zero-order chi connectivity index (χ0) is 14.9. The molecular formula is C15H18ClFN2S. The second kappa shape index (κ2) is 5.80. The van der Waals surface area contributed by atoms with E-state index in [0.29, 0.717) is 10.6 Å². The van der Waals surface area contributed by atoms with E-state index in [1.165, 1.54) is 6.07 Å². The van der Waals surface area contributed by atoms with Gasteiger partial charge in [0.15, 0.2) is 0 Å². The van der Waals surface area contributed by atoms with Crippen LogP contribution in [0.2, 0.25) is 5.02 Å². The minimum atomic E-state index is -0.315. The van der Waals surface area contributed by atoms with Gasteiger partial charge in [0.1, 0.15) is 10.8 Å². The second-order valence-corrected chi connectivity index (χ2v) is 7.03. The Morgan fingerprint density at radius 2 is 2.05 bits per heavy atom. The Bertz CT molecular complexity index is 604. The summed E-state index contributed by atoms with van der Waals surface area (Å²) in [6.45, 7) is 6.34. The fourth-order valence-corrected chi connectivity index (χ4v) is 3.24. The molecule has 1 atom stereocenters. The van der Waals surface area contributed by atoms with E-state index in [1.807, 2.05) is 5.38 Å². The van der Waals surface area contributed by atoms with Crippen LogP contribution in [0.25, 0.3) is 0 Å². The lowest BCUT2D eigenvalue weighted by Gasteiger charge is -2.17.